The number of aryl methyl sites for hydroxylation is 1. The molecule has 1 aromatic heterocycles. The van der Waals surface area contributed by atoms with Crippen molar-refractivity contribution in [2.45, 2.75) is 33.4 Å². The fourth-order valence-electron chi connectivity index (χ4n) is 1.83. The Morgan fingerprint density at radius 3 is 2.81 bits per heavy atom. The SMILES string of the molecule is CCCOc1c(Cl)cc(Cl)cc1CNc1nnnn1CC. The molecule has 2 rings (SSSR count). The van der Waals surface area contributed by atoms with Gasteiger partial charge >= 0.3 is 0 Å². The van der Waals surface area contributed by atoms with Crippen LogP contribution in [-0.4, -0.2) is 26.8 Å². The van der Waals surface area contributed by atoms with Gasteiger partial charge in [-0.15, -0.1) is 0 Å². The second-order valence-corrected chi connectivity index (χ2v) is 5.24. The highest BCUT2D eigenvalue weighted by Crippen LogP contribution is 2.33. The van der Waals surface area contributed by atoms with Gasteiger partial charge in [0.2, 0.25) is 5.95 Å². The van der Waals surface area contributed by atoms with Crippen molar-refractivity contribution in [1.29, 1.82) is 0 Å². The van der Waals surface area contributed by atoms with Crippen LogP contribution in [-0.2, 0) is 13.1 Å². The summed E-state index contributed by atoms with van der Waals surface area (Å²) < 4.78 is 7.37. The van der Waals surface area contributed by atoms with Crippen molar-refractivity contribution in [1.82, 2.24) is 20.2 Å². The quantitative estimate of drug-likeness (QED) is 0.843. The van der Waals surface area contributed by atoms with Crippen LogP contribution in [0.5, 0.6) is 5.75 Å². The first kappa shape index (κ1) is 15.9. The number of ether oxygens (including phenoxy) is 1. The molecule has 0 radical (unpaired) electrons. The highest BCUT2D eigenvalue weighted by molar-refractivity contribution is 6.35. The number of nitrogens with one attached hydrogen (secondary N) is 1. The van der Waals surface area contributed by atoms with E-state index in [2.05, 4.69) is 20.8 Å². The zero-order chi connectivity index (χ0) is 15.2. The maximum Gasteiger partial charge on any atom is 0.243 e. The van der Waals surface area contributed by atoms with Crippen LogP contribution < -0.4 is 10.1 Å². The summed E-state index contributed by atoms with van der Waals surface area (Å²) >= 11 is 12.3. The van der Waals surface area contributed by atoms with Crippen LogP contribution in [0.4, 0.5) is 5.95 Å². The molecule has 114 valence electrons. The van der Waals surface area contributed by atoms with E-state index in [0.717, 1.165) is 12.0 Å². The molecule has 8 heteroatoms. The van der Waals surface area contributed by atoms with Gasteiger partial charge in [-0.1, -0.05) is 35.2 Å². The third kappa shape index (κ3) is 3.98. The third-order valence-electron chi connectivity index (χ3n) is 2.80. The number of halogens is 2. The van der Waals surface area contributed by atoms with Crippen molar-refractivity contribution in [2.24, 2.45) is 0 Å². The molecule has 0 bridgehead atoms. The summed E-state index contributed by atoms with van der Waals surface area (Å²) in [5, 5.41) is 15.6. The minimum absolute atomic E-state index is 0.472. The van der Waals surface area contributed by atoms with Gasteiger partial charge in [-0.3, -0.25) is 0 Å². The van der Waals surface area contributed by atoms with Crippen molar-refractivity contribution >= 4 is 29.2 Å². The molecule has 1 N–H and O–H groups in total. The predicted octanol–water partition coefficient (Wildman–Crippen LogP) is 3.40. The third-order valence-corrected chi connectivity index (χ3v) is 3.30. The molecule has 0 saturated carbocycles. The minimum Gasteiger partial charge on any atom is -0.492 e. The van der Waals surface area contributed by atoms with Crippen molar-refractivity contribution in [3.8, 4) is 5.75 Å². The summed E-state index contributed by atoms with van der Waals surface area (Å²) in [4.78, 5) is 0. The number of aromatic nitrogens is 4. The van der Waals surface area contributed by atoms with Gasteiger partial charge < -0.3 is 10.1 Å². The number of rotatable bonds is 7. The summed E-state index contributed by atoms with van der Waals surface area (Å²) in [7, 11) is 0. The second kappa shape index (κ2) is 7.47. The average Bonchev–Trinajstić information content (AvgIpc) is 2.91. The van der Waals surface area contributed by atoms with E-state index in [-0.39, 0.29) is 0 Å². The molecule has 0 atom stereocenters. The normalized spacial score (nSPS) is 10.7. The molecule has 0 aliphatic heterocycles. The summed E-state index contributed by atoms with van der Waals surface area (Å²) in [6.45, 7) is 5.76. The lowest BCUT2D eigenvalue weighted by Gasteiger charge is -2.14. The summed E-state index contributed by atoms with van der Waals surface area (Å²) in [6, 6.07) is 3.50. The van der Waals surface area contributed by atoms with Crippen LogP contribution in [0, 0.1) is 0 Å². The van der Waals surface area contributed by atoms with E-state index in [0.29, 0.717) is 41.4 Å². The molecular weight excluding hydrogens is 313 g/mol. The summed E-state index contributed by atoms with van der Waals surface area (Å²) in [5.74, 6) is 1.24. The number of tetrazole rings is 1. The molecule has 0 unspecified atom stereocenters. The van der Waals surface area contributed by atoms with Crippen molar-refractivity contribution in [3.63, 3.8) is 0 Å². The maximum absolute atomic E-state index is 6.21. The Bertz CT molecular complexity index is 602. The Labute approximate surface area is 133 Å². The topological polar surface area (TPSA) is 64.9 Å². The maximum atomic E-state index is 6.21. The number of hydrogen-bond donors (Lipinski definition) is 1. The molecule has 1 heterocycles. The first-order valence-corrected chi connectivity index (χ1v) is 7.52. The largest absolute Gasteiger partial charge is 0.492 e. The molecule has 2 aromatic rings. The Balaban J connectivity index is 2.18. The zero-order valence-electron chi connectivity index (χ0n) is 11.9. The van der Waals surface area contributed by atoms with E-state index >= 15 is 0 Å². The summed E-state index contributed by atoms with van der Waals surface area (Å²) in [6.07, 6.45) is 0.903. The molecule has 0 aliphatic rings. The lowest BCUT2D eigenvalue weighted by atomic mass is 10.2. The number of hydrogen-bond acceptors (Lipinski definition) is 5. The van der Waals surface area contributed by atoms with Crippen molar-refractivity contribution < 1.29 is 4.74 Å². The molecule has 0 aliphatic carbocycles. The lowest BCUT2D eigenvalue weighted by Crippen LogP contribution is -2.09. The standard InChI is InChI=1S/C13H17Cl2N5O/c1-3-5-21-12-9(6-10(14)7-11(12)15)8-16-13-17-18-19-20(13)4-2/h6-7H,3-5,8H2,1-2H3,(H,16,17,19). The van der Waals surface area contributed by atoms with Crippen LogP contribution in [0.25, 0.3) is 0 Å². The van der Waals surface area contributed by atoms with Crippen molar-refractivity contribution in [3.05, 3.63) is 27.7 Å². The van der Waals surface area contributed by atoms with Gasteiger partial charge in [-0.05, 0) is 35.9 Å². The molecule has 0 spiro atoms. The first-order valence-electron chi connectivity index (χ1n) is 6.76. The lowest BCUT2D eigenvalue weighted by molar-refractivity contribution is 0.314. The van der Waals surface area contributed by atoms with Crippen LogP contribution in [0.2, 0.25) is 10.0 Å². The zero-order valence-corrected chi connectivity index (χ0v) is 13.4. The van der Waals surface area contributed by atoms with E-state index in [4.69, 9.17) is 27.9 Å². The Morgan fingerprint density at radius 2 is 2.10 bits per heavy atom. The molecule has 6 nitrogen and oxygen atoms in total. The van der Waals surface area contributed by atoms with Gasteiger partial charge in [0.1, 0.15) is 5.75 Å². The molecule has 0 amide bonds. The van der Waals surface area contributed by atoms with Crippen LogP contribution in [0.15, 0.2) is 12.1 Å². The van der Waals surface area contributed by atoms with Gasteiger partial charge in [0, 0.05) is 23.7 Å². The molecular formula is C13H17Cl2N5O. The highest BCUT2D eigenvalue weighted by atomic mass is 35.5. The fraction of sp³-hybridized carbons (Fsp3) is 0.462. The Kier molecular flexibility index (Phi) is 5.64. The number of benzene rings is 1. The van der Waals surface area contributed by atoms with Gasteiger partial charge in [0.15, 0.2) is 0 Å². The van der Waals surface area contributed by atoms with Gasteiger partial charge in [0.05, 0.1) is 11.6 Å². The van der Waals surface area contributed by atoms with Gasteiger partial charge in [-0.25, -0.2) is 4.68 Å². The van der Waals surface area contributed by atoms with Crippen LogP contribution in [0.1, 0.15) is 25.8 Å². The molecule has 21 heavy (non-hydrogen) atoms. The molecule has 0 fully saturated rings. The first-order chi connectivity index (χ1) is 10.2. The highest BCUT2D eigenvalue weighted by Gasteiger charge is 2.12. The summed E-state index contributed by atoms with van der Waals surface area (Å²) in [5.41, 5.74) is 0.867. The number of nitrogens with zero attached hydrogens (tertiary/aromatic N) is 4. The average molecular weight is 330 g/mol. The fourth-order valence-corrected chi connectivity index (χ4v) is 2.42. The van der Waals surface area contributed by atoms with Gasteiger partial charge in [0.25, 0.3) is 0 Å². The van der Waals surface area contributed by atoms with Gasteiger partial charge in [-0.2, -0.15) is 0 Å². The van der Waals surface area contributed by atoms with Crippen LogP contribution in [0.3, 0.4) is 0 Å². The van der Waals surface area contributed by atoms with E-state index in [1.165, 1.54) is 0 Å². The monoisotopic (exact) mass is 329 g/mol. The van der Waals surface area contributed by atoms with E-state index in [1.807, 2.05) is 19.9 Å². The van der Waals surface area contributed by atoms with E-state index in [9.17, 15) is 0 Å². The van der Waals surface area contributed by atoms with Crippen LogP contribution >= 0.6 is 23.2 Å². The Morgan fingerprint density at radius 1 is 1.29 bits per heavy atom. The van der Waals surface area contributed by atoms with Crippen molar-refractivity contribution in [2.75, 3.05) is 11.9 Å². The second-order valence-electron chi connectivity index (χ2n) is 4.40. The smallest absolute Gasteiger partial charge is 0.243 e. The Hall–Kier alpha value is -1.53. The molecule has 0 saturated heterocycles. The molecule has 1 aromatic carbocycles. The van der Waals surface area contributed by atoms with E-state index in [1.54, 1.807) is 10.7 Å². The number of anilines is 1. The van der Waals surface area contributed by atoms with E-state index < -0.39 is 0 Å². The predicted molar refractivity (Wildman–Crippen MR) is 83.1 cm³/mol. The minimum atomic E-state index is 0.472.